The van der Waals surface area contributed by atoms with Gasteiger partial charge in [-0.1, -0.05) is 0 Å². The number of likely N-dealkylation sites (tertiary alicyclic amines) is 1. The predicted molar refractivity (Wildman–Crippen MR) is 88.5 cm³/mol. The molecule has 0 amide bonds. The minimum Gasteiger partial charge on any atom is -0.329 e. The molecule has 122 valence electrons. The molecule has 3 saturated heterocycles. The first-order valence-electron chi connectivity index (χ1n) is 9.08. The van der Waals surface area contributed by atoms with Gasteiger partial charge in [0.15, 0.2) is 0 Å². The highest BCUT2D eigenvalue weighted by atomic mass is 15.3. The summed E-state index contributed by atoms with van der Waals surface area (Å²) in [5.74, 6) is 0. The molecule has 0 radical (unpaired) electrons. The van der Waals surface area contributed by atoms with Crippen LogP contribution in [-0.4, -0.2) is 78.1 Å². The van der Waals surface area contributed by atoms with Crippen LogP contribution in [0.1, 0.15) is 46.0 Å². The van der Waals surface area contributed by atoms with E-state index < -0.39 is 0 Å². The summed E-state index contributed by atoms with van der Waals surface area (Å²) in [5.41, 5.74) is 6.59. The third kappa shape index (κ3) is 3.14. The van der Waals surface area contributed by atoms with E-state index in [-0.39, 0.29) is 5.54 Å². The summed E-state index contributed by atoms with van der Waals surface area (Å²) in [6.07, 6.45) is 6.64. The molecule has 0 aromatic carbocycles. The van der Waals surface area contributed by atoms with Gasteiger partial charge in [0.05, 0.1) is 0 Å². The SMILES string of the molecule is CC(C)N1CCC(CN)(N2CCCN3CCCC3C2)CC1. The zero-order chi connectivity index (χ0) is 14.9. The lowest BCUT2D eigenvalue weighted by Gasteiger charge is -2.49. The Morgan fingerprint density at radius 3 is 2.43 bits per heavy atom. The van der Waals surface area contributed by atoms with Crippen LogP contribution in [0.15, 0.2) is 0 Å². The lowest BCUT2D eigenvalue weighted by atomic mass is 9.84. The molecular weight excluding hydrogens is 260 g/mol. The van der Waals surface area contributed by atoms with Crippen LogP contribution in [0, 0.1) is 0 Å². The molecule has 3 fully saturated rings. The Morgan fingerprint density at radius 1 is 1.05 bits per heavy atom. The molecule has 4 heteroatoms. The molecular formula is C17H34N4. The van der Waals surface area contributed by atoms with Crippen molar-refractivity contribution in [1.82, 2.24) is 14.7 Å². The van der Waals surface area contributed by atoms with Crippen molar-refractivity contribution in [3.63, 3.8) is 0 Å². The van der Waals surface area contributed by atoms with E-state index >= 15 is 0 Å². The van der Waals surface area contributed by atoms with Crippen LogP contribution in [0.5, 0.6) is 0 Å². The van der Waals surface area contributed by atoms with Crippen molar-refractivity contribution in [2.45, 2.75) is 63.6 Å². The van der Waals surface area contributed by atoms with E-state index in [1.807, 2.05) is 0 Å². The number of hydrogen-bond donors (Lipinski definition) is 1. The van der Waals surface area contributed by atoms with Crippen molar-refractivity contribution >= 4 is 0 Å². The summed E-state index contributed by atoms with van der Waals surface area (Å²) in [4.78, 5) is 8.14. The van der Waals surface area contributed by atoms with E-state index in [4.69, 9.17) is 5.73 Å². The van der Waals surface area contributed by atoms with Crippen LogP contribution >= 0.6 is 0 Å². The van der Waals surface area contributed by atoms with Crippen molar-refractivity contribution in [2.24, 2.45) is 5.73 Å². The van der Waals surface area contributed by atoms with Gasteiger partial charge in [-0.15, -0.1) is 0 Å². The second-order valence-corrected chi connectivity index (χ2v) is 7.69. The fourth-order valence-corrected chi connectivity index (χ4v) is 4.74. The third-order valence-electron chi connectivity index (χ3n) is 6.31. The minimum atomic E-state index is 0.282. The maximum absolute atomic E-state index is 6.31. The van der Waals surface area contributed by atoms with E-state index in [1.54, 1.807) is 0 Å². The number of nitrogens with zero attached hydrogens (tertiary/aromatic N) is 3. The van der Waals surface area contributed by atoms with Crippen molar-refractivity contribution in [3.05, 3.63) is 0 Å². The Hall–Kier alpha value is -0.160. The Balaban J connectivity index is 1.67. The fraction of sp³-hybridized carbons (Fsp3) is 1.00. The first kappa shape index (κ1) is 15.7. The van der Waals surface area contributed by atoms with E-state index in [0.717, 1.165) is 12.6 Å². The number of rotatable bonds is 3. The normalized spacial score (nSPS) is 32.3. The van der Waals surface area contributed by atoms with Crippen molar-refractivity contribution in [3.8, 4) is 0 Å². The zero-order valence-electron chi connectivity index (χ0n) is 14.1. The van der Waals surface area contributed by atoms with E-state index in [1.165, 1.54) is 71.4 Å². The summed E-state index contributed by atoms with van der Waals surface area (Å²) in [6, 6.07) is 1.48. The van der Waals surface area contributed by atoms with Gasteiger partial charge in [0, 0.05) is 50.3 Å². The second kappa shape index (κ2) is 6.53. The van der Waals surface area contributed by atoms with E-state index in [9.17, 15) is 0 Å². The third-order valence-corrected chi connectivity index (χ3v) is 6.31. The quantitative estimate of drug-likeness (QED) is 0.852. The van der Waals surface area contributed by atoms with Gasteiger partial charge >= 0.3 is 0 Å². The molecule has 0 saturated carbocycles. The number of hydrogen-bond acceptors (Lipinski definition) is 4. The van der Waals surface area contributed by atoms with Crippen LogP contribution in [0.25, 0.3) is 0 Å². The molecule has 4 nitrogen and oxygen atoms in total. The topological polar surface area (TPSA) is 35.7 Å². The largest absolute Gasteiger partial charge is 0.329 e. The van der Waals surface area contributed by atoms with Gasteiger partial charge < -0.3 is 10.6 Å². The lowest BCUT2D eigenvalue weighted by molar-refractivity contribution is 0.0142. The molecule has 3 heterocycles. The maximum Gasteiger partial charge on any atom is 0.0356 e. The molecule has 21 heavy (non-hydrogen) atoms. The lowest BCUT2D eigenvalue weighted by Crippen LogP contribution is -2.61. The van der Waals surface area contributed by atoms with Gasteiger partial charge in [-0.05, 0) is 59.0 Å². The first-order chi connectivity index (χ1) is 10.1. The van der Waals surface area contributed by atoms with Crippen LogP contribution in [-0.2, 0) is 0 Å². The average molecular weight is 294 g/mol. The molecule has 2 N–H and O–H groups in total. The van der Waals surface area contributed by atoms with Gasteiger partial charge in [0.25, 0.3) is 0 Å². The molecule has 1 unspecified atom stereocenters. The molecule has 3 rings (SSSR count). The molecule has 0 aromatic rings. The monoisotopic (exact) mass is 294 g/mol. The van der Waals surface area contributed by atoms with Crippen LogP contribution < -0.4 is 5.73 Å². The molecule has 0 aliphatic carbocycles. The standard InChI is InChI=1S/C17H34N4/c1-15(2)19-11-6-17(14-18,7-12-19)21-10-4-9-20-8-3-5-16(20)13-21/h15-16H,3-14,18H2,1-2H3. The summed E-state index contributed by atoms with van der Waals surface area (Å²) in [5, 5.41) is 0. The smallest absolute Gasteiger partial charge is 0.0356 e. The summed E-state index contributed by atoms with van der Waals surface area (Å²) >= 11 is 0. The summed E-state index contributed by atoms with van der Waals surface area (Å²) in [7, 11) is 0. The minimum absolute atomic E-state index is 0.282. The van der Waals surface area contributed by atoms with E-state index in [0.29, 0.717) is 6.04 Å². The summed E-state index contributed by atoms with van der Waals surface area (Å²) < 4.78 is 0. The van der Waals surface area contributed by atoms with Gasteiger partial charge in [-0.3, -0.25) is 9.80 Å². The van der Waals surface area contributed by atoms with Gasteiger partial charge in [0.2, 0.25) is 0 Å². The molecule has 0 bridgehead atoms. The molecule has 3 aliphatic heterocycles. The van der Waals surface area contributed by atoms with Crippen LogP contribution in [0.3, 0.4) is 0 Å². The van der Waals surface area contributed by atoms with E-state index in [2.05, 4.69) is 28.5 Å². The second-order valence-electron chi connectivity index (χ2n) is 7.69. The molecule has 0 aromatic heterocycles. The summed E-state index contributed by atoms with van der Waals surface area (Å²) in [6.45, 7) is 13.1. The van der Waals surface area contributed by atoms with Crippen LogP contribution in [0.4, 0.5) is 0 Å². The van der Waals surface area contributed by atoms with Crippen LogP contribution in [0.2, 0.25) is 0 Å². The highest BCUT2D eigenvalue weighted by Crippen LogP contribution is 2.32. The highest BCUT2D eigenvalue weighted by Gasteiger charge is 2.41. The fourth-order valence-electron chi connectivity index (χ4n) is 4.74. The maximum atomic E-state index is 6.31. The molecule has 0 spiro atoms. The molecule has 1 atom stereocenters. The Morgan fingerprint density at radius 2 is 1.76 bits per heavy atom. The van der Waals surface area contributed by atoms with Gasteiger partial charge in [0.1, 0.15) is 0 Å². The van der Waals surface area contributed by atoms with Crippen molar-refractivity contribution in [1.29, 1.82) is 0 Å². The zero-order valence-corrected chi connectivity index (χ0v) is 14.1. The van der Waals surface area contributed by atoms with Gasteiger partial charge in [-0.25, -0.2) is 0 Å². The Labute approximate surface area is 130 Å². The number of fused-ring (bicyclic) bond motifs is 1. The average Bonchev–Trinajstić information content (AvgIpc) is 2.84. The van der Waals surface area contributed by atoms with Gasteiger partial charge in [-0.2, -0.15) is 0 Å². The van der Waals surface area contributed by atoms with Crippen molar-refractivity contribution in [2.75, 3.05) is 45.8 Å². The highest BCUT2D eigenvalue weighted by molar-refractivity contribution is 4.99. The Kier molecular flexibility index (Phi) is 4.89. The predicted octanol–water partition coefficient (Wildman–Crippen LogP) is 1.36. The first-order valence-corrected chi connectivity index (χ1v) is 9.08. The molecule has 3 aliphatic rings. The van der Waals surface area contributed by atoms with Crippen molar-refractivity contribution < 1.29 is 0 Å². The number of piperidine rings is 1. The Bertz CT molecular complexity index is 336. The number of nitrogens with two attached hydrogens (primary N) is 1.